The topological polar surface area (TPSA) is 78.9 Å². The lowest BCUT2D eigenvalue weighted by Crippen LogP contribution is -2.30. The molecule has 0 aromatic heterocycles. The van der Waals surface area contributed by atoms with Gasteiger partial charge in [0.2, 0.25) is 0 Å². The third kappa shape index (κ3) is 49.8. The normalized spacial score (nSPS) is 12.5. The third-order valence-corrected chi connectivity index (χ3v) is 13.6. The molecule has 0 aromatic rings. The predicted molar refractivity (Wildman–Crippen MR) is 275 cm³/mol. The fourth-order valence-corrected chi connectivity index (χ4v) is 8.84. The van der Waals surface area contributed by atoms with Gasteiger partial charge in [-0.1, -0.05) is 285 Å². The molecule has 6 heteroatoms. The van der Waals surface area contributed by atoms with Crippen LogP contribution in [0.15, 0.2) is 0 Å². The molecule has 0 heterocycles. The van der Waals surface area contributed by atoms with E-state index >= 15 is 0 Å². The molecule has 0 radical (unpaired) electrons. The zero-order valence-electron chi connectivity index (χ0n) is 43.9. The first kappa shape index (κ1) is 62.4. The van der Waals surface area contributed by atoms with Crippen molar-refractivity contribution in [3.05, 3.63) is 0 Å². The van der Waals surface area contributed by atoms with Crippen molar-refractivity contribution in [2.24, 2.45) is 11.8 Å². The SMILES string of the molecule is CCCCCCCCCCCCCCCCCCCC(=O)O[C@@H](COC(=O)CCCCCCCCCCCCCCCCC(C)CC)COC(=O)CCCCCCCCCCC(C)C. The van der Waals surface area contributed by atoms with Crippen LogP contribution in [0.3, 0.4) is 0 Å². The summed E-state index contributed by atoms with van der Waals surface area (Å²) in [5.41, 5.74) is 0. The number of esters is 3. The van der Waals surface area contributed by atoms with Crippen LogP contribution in [0.2, 0.25) is 0 Å². The number of carbonyl (C=O) groups is 3. The second kappa shape index (κ2) is 50.8. The van der Waals surface area contributed by atoms with Crippen LogP contribution in [0.25, 0.3) is 0 Å². The smallest absolute Gasteiger partial charge is 0.306 e. The maximum atomic E-state index is 12.8. The predicted octanol–water partition coefficient (Wildman–Crippen LogP) is 18.9. The molecule has 0 fully saturated rings. The van der Waals surface area contributed by atoms with Crippen molar-refractivity contribution in [2.75, 3.05) is 13.2 Å². The maximum absolute atomic E-state index is 12.8. The first-order valence-electron chi connectivity index (χ1n) is 28.8. The van der Waals surface area contributed by atoms with Gasteiger partial charge in [-0.2, -0.15) is 0 Å². The molecule has 0 aliphatic carbocycles. The second-order valence-corrected chi connectivity index (χ2v) is 20.6. The lowest BCUT2D eigenvalue weighted by molar-refractivity contribution is -0.167. The molecule has 0 rings (SSSR count). The van der Waals surface area contributed by atoms with Crippen LogP contribution in [-0.2, 0) is 28.6 Å². The zero-order valence-corrected chi connectivity index (χ0v) is 43.9. The van der Waals surface area contributed by atoms with Gasteiger partial charge in [0.1, 0.15) is 13.2 Å². The van der Waals surface area contributed by atoms with E-state index < -0.39 is 6.10 Å². The van der Waals surface area contributed by atoms with E-state index in [1.54, 1.807) is 0 Å². The van der Waals surface area contributed by atoms with Crippen molar-refractivity contribution >= 4 is 17.9 Å². The molecule has 0 amide bonds. The summed E-state index contributed by atoms with van der Waals surface area (Å²) in [6.45, 7) is 11.4. The number of unbranched alkanes of at least 4 members (excludes halogenated alkanes) is 36. The Bertz CT molecular complexity index is 980. The Hall–Kier alpha value is -1.59. The van der Waals surface area contributed by atoms with Crippen LogP contribution in [-0.4, -0.2) is 37.2 Å². The molecule has 0 saturated heterocycles. The van der Waals surface area contributed by atoms with Crippen LogP contribution in [0.4, 0.5) is 0 Å². The van der Waals surface area contributed by atoms with E-state index in [0.717, 1.165) is 69.6 Å². The molecule has 0 aliphatic heterocycles. The summed E-state index contributed by atoms with van der Waals surface area (Å²) in [5, 5.41) is 0. The maximum Gasteiger partial charge on any atom is 0.306 e. The summed E-state index contributed by atoms with van der Waals surface area (Å²) in [7, 11) is 0. The Morgan fingerprint density at radius 3 is 0.891 bits per heavy atom. The highest BCUT2D eigenvalue weighted by molar-refractivity contribution is 5.71. The summed E-state index contributed by atoms with van der Waals surface area (Å²) >= 11 is 0. The molecule has 0 saturated carbocycles. The summed E-state index contributed by atoms with van der Waals surface area (Å²) in [5.74, 6) is 0.850. The Labute approximate surface area is 399 Å². The molecule has 64 heavy (non-hydrogen) atoms. The van der Waals surface area contributed by atoms with Crippen molar-refractivity contribution in [1.29, 1.82) is 0 Å². The Morgan fingerprint density at radius 2 is 0.594 bits per heavy atom. The van der Waals surface area contributed by atoms with Crippen molar-refractivity contribution in [3.63, 3.8) is 0 Å². The minimum atomic E-state index is -0.763. The average molecular weight is 906 g/mol. The van der Waals surface area contributed by atoms with E-state index in [9.17, 15) is 14.4 Å². The monoisotopic (exact) mass is 905 g/mol. The quantitative estimate of drug-likeness (QED) is 0.0344. The van der Waals surface area contributed by atoms with Gasteiger partial charge in [-0.25, -0.2) is 0 Å². The van der Waals surface area contributed by atoms with Gasteiger partial charge < -0.3 is 14.2 Å². The lowest BCUT2D eigenvalue weighted by atomic mass is 9.99. The number of ether oxygens (including phenoxy) is 3. The van der Waals surface area contributed by atoms with Gasteiger partial charge in [0.15, 0.2) is 6.10 Å². The molecular formula is C58H112O6. The van der Waals surface area contributed by atoms with Gasteiger partial charge in [0, 0.05) is 19.3 Å². The summed E-state index contributed by atoms with van der Waals surface area (Å²) in [6, 6.07) is 0. The van der Waals surface area contributed by atoms with Crippen LogP contribution in [0.5, 0.6) is 0 Å². The van der Waals surface area contributed by atoms with E-state index in [0.29, 0.717) is 19.3 Å². The fraction of sp³-hybridized carbons (Fsp3) is 0.948. The third-order valence-electron chi connectivity index (χ3n) is 13.6. The number of hydrogen-bond donors (Lipinski definition) is 0. The number of hydrogen-bond acceptors (Lipinski definition) is 6. The molecular weight excluding hydrogens is 793 g/mol. The molecule has 2 atom stereocenters. The highest BCUT2D eigenvalue weighted by Crippen LogP contribution is 2.18. The van der Waals surface area contributed by atoms with Crippen molar-refractivity contribution in [2.45, 2.75) is 330 Å². The fourth-order valence-electron chi connectivity index (χ4n) is 8.84. The molecule has 0 aromatic carbocycles. The largest absolute Gasteiger partial charge is 0.462 e. The van der Waals surface area contributed by atoms with E-state index in [1.807, 2.05) is 0 Å². The first-order chi connectivity index (χ1) is 31.3. The molecule has 0 bridgehead atoms. The zero-order chi connectivity index (χ0) is 46.8. The van der Waals surface area contributed by atoms with E-state index in [4.69, 9.17) is 14.2 Å². The molecule has 0 spiro atoms. The highest BCUT2D eigenvalue weighted by atomic mass is 16.6. The van der Waals surface area contributed by atoms with Gasteiger partial charge in [-0.05, 0) is 31.1 Å². The Kier molecular flexibility index (Phi) is 49.6. The average Bonchev–Trinajstić information content (AvgIpc) is 3.28. The molecule has 0 N–H and O–H groups in total. The molecule has 1 unspecified atom stereocenters. The standard InChI is InChI=1S/C58H112O6/c1-6-8-9-10-11-12-13-14-15-16-17-22-25-28-35-40-45-50-58(61)64-55(52-63-57(60)49-44-39-34-30-29-31-36-41-46-53(3)4)51-62-56(59)48-43-38-33-27-24-21-19-18-20-23-26-32-37-42-47-54(5)7-2/h53-55H,6-52H2,1-5H3/t54?,55-/m0/s1. The van der Waals surface area contributed by atoms with Gasteiger partial charge in [-0.15, -0.1) is 0 Å². The van der Waals surface area contributed by atoms with E-state index in [1.165, 1.54) is 212 Å². The van der Waals surface area contributed by atoms with Gasteiger partial charge >= 0.3 is 17.9 Å². The summed E-state index contributed by atoms with van der Waals surface area (Å²) in [6.07, 6.45) is 53.8. The molecule has 380 valence electrons. The minimum Gasteiger partial charge on any atom is -0.462 e. The van der Waals surface area contributed by atoms with Crippen LogP contribution >= 0.6 is 0 Å². The number of carbonyl (C=O) groups excluding carboxylic acids is 3. The second-order valence-electron chi connectivity index (χ2n) is 20.6. The Morgan fingerprint density at radius 1 is 0.328 bits per heavy atom. The van der Waals surface area contributed by atoms with Crippen molar-refractivity contribution < 1.29 is 28.6 Å². The van der Waals surface area contributed by atoms with Gasteiger partial charge in [0.25, 0.3) is 0 Å². The summed E-state index contributed by atoms with van der Waals surface area (Å²) < 4.78 is 16.9. The van der Waals surface area contributed by atoms with Crippen molar-refractivity contribution in [1.82, 2.24) is 0 Å². The van der Waals surface area contributed by atoms with Gasteiger partial charge in [0.05, 0.1) is 0 Å². The molecule has 6 nitrogen and oxygen atoms in total. The van der Waals surface area contributed by atoms with Crippen LogP contribution < -0.4 is 0 Å². The van der Waals surface area contributed by atoms with Crippen LogP contribution in [0, 0.1) is 11.8 Å². The first-order valence-corrected chi connectivity index (χ1v) is 28.8. The Balaban J connectivity index is 4.27. The molecule has 0 aliphatic rings. The van der Waals surface area contributed by atoms with Crippen molar-refractivity contribution in [3.8, 4) is 0 Å². The summed E-state index contributed by atoms with van der Waals surface area (Å²) in [4.78, 5) is 38.1. The van der Waals surface area contributed by atoms with Gasteiger partial charge in [-0.3, -0.25) is 14.4 Å². The number of rotatable bonds is 52. The van der Waals surface area contributed by atoms with E-state index in [-0.39, 0.29) is 31.1 Å². The van der Waals surface area contributed by atoms with Crippen LogP contribution in [0.1, 0.15) is 324 Å². The minimum absolute atomic E-state index is 0.0632. The van der Waals surface area contributed by atoms with E-state index in [2.05, 4.69) is 34.6 Å². The highest BCUT2D eigenvalue weighted by Gasteiger charge is 2.19. The lowest BCUT2D eigenvalue weighted by Gasteiger charge is -2.18.